The lowest BCUT2D eigenvalue weighted by Crippen LogP contribution is -3.00. The van der Waals surface area contributed by atoms with Gasteiger partial charge in [0.05, 0.1) is 0 Å². The van der Waals surface area contributed by atoms with Gasteiger partial charge in [0.1, 0.15) is 6.04 Å². The van der Waals surface area contributed by atoms with Gasteiger partial charge in [-0.15, -0.1) is 0 Å². The third kappa shape index (κ3) is 5.69. The van der Waals surface area contributed by atoms with Crippen molar-refractivity contribution in [2.45, 2.75) is 37.8 Å². The van der Waals surface area contributed by atoms with Gasteiger partial charge in [-0.1, -0.05) is 36.4 Å². The van der Waals surface area contributed by atoms with Crippen molar-refractivity contribution >= 4 is 39.6 Å². The number of carbonyl (C=O) groups is 3. The minimum atomic E-state index is -1.07. The topological polar surface area (TPSA) is 146 Å². The smallest absolute Gasteiger partial charge is 0.326 e. The number of para-hydroxylation sites is 2. The molecule has 0 spiro atoms. The summed E-state index contributed by atoms with van der Waals surface area (Å²) in [6.45, 7) is 0.911. The van der Waals surface area contributed by atoms with Crippen molar-refractivity contribution in [3.63, 3.8) is 0 Å². The number of carboxylic acid groups (broad SMARTS) is 1. The number of quaternary nitrogens is 1. The average Bonchev–Trinajstić information content (AvgIpc) is 3.52. The number of nitrogens with zero attached hydrogens (tertiary/aromatic N) is 1. The number of amides is 2. The van der Waals surface area contributed by atoms with Gasteiger partial charge in [-0.25, -0.2) is 4.79 Å². The minimum absolute atomic E-state index is 0. The van der Waals surface area contributed by atoms with Crippen LogP contribution in [0.2, 0.25) is 0 Å². The molecule has 0 unspecified atom stereocenters. The number of halogens is 1. The van der Waals surface area contributed by atoms with Crippen molar-refractivity contribution < 1.29 is 37.6 Å². The summed E-state index contributed by atoms with van der Waals surface area (Å²) in [5.41, 5.74) is 7.99. The largest absolute Gasteiger partial charge is 1.00 e. The molecular formula is C28H32ClN5O4. The monoisotopic (exact) mass is 537 g/mol. The number of likely N-dealkylation sites (tertiary alicyclic amines) is 1. The maximum atomic E-state index is 13.1. The molecule has 1 fully saturated rings. The summed E-state index contributed by atoms with van der Waals surface area (Å²) >= 11 is 0. The maximum absolute atomic E-state index is 13.1. The van der Waals surface area contributed by atoms with E-state index in [2.05, 4.69) is 21.0 Å². The molecular weight excluding hydrogens is 506 g/mol. The van der Waals surface area contributed by atoms with Crippen molar-refractivity contribution in [1.29, 1.82) is 0 Å². The summed E-state index contributed by atoms with van der Waals surface area (Å²) < 4.78 is 0. The molecule has 0 aliphatic carbocycles. The van der Waals surface area contributed by atoms with Crippen molar-refractivity contribution in [2.24, 2.45) is 5.92 Å². The minimum Gasteiger partial charge on any atom is -1.00 e. The fraction of sp³-hybridized carbons (Fsp3) is 0.321. The van der Waals surface area contributed by atoms with Gasteiger partial charge in [0.15, 0.2) is 6.04 Å². The molecule has 0 bridgehead atoms. The van der Waals surface area contributed by atoms with Crippen molar-refractivity contribution in [3.8, 4) is 0 Å². The van der Waals surface area contributed by atoms with E-state index in [9.17, 15) is 19.5 Å². The quantitative estimate of drug-likeness (QED) is 0.193. The van der Waals surface area contributed by atoms with Crippen LogP contribution in [0.3, 0.4) is 0 Å². The van der Waals surface area contributed by atoms with E-state index >= 15 is 0 Å². The number of aromatic amines is 2. The van der Waals surface area contributed by atoms with Crippen molar-refractivity contribution in [1.82, 2.24) is 20.2 Å². The Morgan fingerprint density at radius 3 is 2.00 bits per heavy atom. The number of carboxylic acids is 1. The van der Waals surface area contributed by atoms with E-state index in [1.165, 1.54) is 0 Å². The molecule has 4 aromatic rings. The molecule has 2 atom stereocenters. The molecule has 10 heteroatoms. The van der Waals surface area contributed by atoms with Crippen LogP contribution in [0, 0.1) is 5.92 Å². The number of piperidine rings is 1. The molecule has 1 aliphatic rings. The number of aromatic nitrogens is 2. The first-order valence-electron chi connectivity index (χ1n) is 12.7. The number of aliphatic carboxylic acids is 1. The van der Waals surface area contributed by atoms with Gasteiger partial charge >= 0.3 is 5.97 Å². The van der Waals surface area contributed by atoms with Gasteiger partial charge in [0.2, 0.25) is 5.91 Å². The molecule has 3 heterocycles. The Labute approximate surface area is 226 Å². The highest BCUT2D eigenvalue weighted by atomic mass is 35.5. The third-order valence-electron chi connectivity index (χ3n) is 7.38. The Kier molecular flexibility index (Phi) is 8.38. The summed E-state index contributed by atoms with van der Waals surface area (Å²) in [5.74, 6) is -1.69. The van der Waals surface area contributed by atoms with Crippen molar-refractivity contribution in [2.75, 3.05) is 13.1 Å². The van der Waals surface area contributed by atoms with Gasteiger partial charge in [0, 0.05) is 66.0 Å². The number of benzene rings is 2. The lowest BCUT2D eigenvalue weighted by molar-refractivity contribution is -0.405. The van der Waals surface area contributed by atoms with Gasteiger partial charge in [-0.2, -0.15) is 0 Å². The first-order valence-corrected chi connectivity index (χ1v) is 12.7. The van der Waals surface area contributed by atoms with Crippen LogP contribution in [0.5, 0.6) is 0 Å². The maximum Gasteiger partial charge on any atom is 0.326 e. The zero-order valence-electron chi connectivity index (χ0n) is 21.0. The molecule has 9 nitrogen and oxygen atoms in total. The average molecular weight is 538 g/mol. The molecule has 5 rings (SSSR count). The standard InChI is InChI=1S/C28H31N5O4.ClH/c29-22(13-18-15-30-23-7-3-1-5-20(18)23)27(35)33-11-9-17(10-12-33)26(34)32-25(28(36)37)14-19-16-31-24-8-4-2-6-21(19)24;/h1-8,15-17,22,25,30-31H,9-14,29H2,(H,32,34)(H,36,37);1H/t22-,25-;/m0./s1. The second-order valence-corrected chi connectivity index (χ2v) is 9.82. The Bertz CT molecular complexity index is 1440. The highest BCUT2D eigenvalue weighted by molar-refractivity contribution is 5.88. The first kappa shape index (κ1) is 27.2. The number of nitrogens with one attached hydrogen (secondary N) is 3. The van der Waals surface area contributed by atoms with Crippen LogP contribution in [0.15, 0.2) is 60.9 Å². The number of H-pyrrole nitrogens is 2. The molecule has 2 aromatic carbocycles. The van der Waals surface area contributed by atoms with Crippen LogP contribution in [-0.4, -0.2) is 62.9 Å². The molecule has 2 amide bonds. The first-order chi connectivity index (χ1) is 17.9. The Balaban J connectivity index is 0.00000336. The lowest BCUT2D eigenvalue weighted by atomic mass is 9.94. The van der Waals surface area contributed by atoms with Crippen LogP contribution in [0.1, 0.15) is 24.0 Å². The van der Waals surface area contributed by atoms with Crippen LogP contribution in [0.25, 0.3) is 21.8 Å². The molecule has 7 N–H and O–H groups in total. The van der Waals surface area contributed by atoms with E-state index < -0.39 is 18.1 Å². The second kappa shape index (κ2) is 11.7. The van der Waals surface area contributed by atoms with Crippen molar-refractivity contribution in [3.05, 3.63) is 72.1 Å². The Hall–Kier alpha value is -3.82. The molecule has 0 saturated carbocycles. The van der Waals surface area contributed by atoms with Gasteiger partial charge < -0.3 is 43.4 Å². The molecule has 0 radical (unpaired) electrons. The normalized spacial score (nSPS) is 15.7. The number of fused-ring (bicyclic) bond motifs is 2. The molecule has 38 heavy (non-hydrogen) atoms. The SMILES string of the molecule is [Cl-].[NH3+][C@@H](Cc1c[nH]c2ccccc12)C(=O)N1CCC(C(=O)N[C@@H](Cc2c[nH]c3ccccc23)C(=O)O)CC1. The van der Waals surface area contributed by atoms with E-state index in [0.717, 1.165) is 32.9 Å². The third-order valence-corrected chi connectivity index (χ3v) is 7.38. The molecule has 2 aromatic heterocycles. The summed E-state index contributed by atoms with van der Waals surface area (Å²) in [4.78, 5) is 46.1. The predicted octanol–water partition coefficient (Wildman–Crippen LogP) is -1.14. The fourth-order valence-corrected chi connectivity index (χ4v) is 5.28. The zero-order valence-corrected chi connectivity index (χ0v) is 21.7. The predicted molar refractivity (Wildman–Crippen MR) is 140 cm³/mol. The molecule has 1 aliphatic heterocycles. The van der Waals surface area contributed by atoms with E-state index in [0.29, 0.717) is 32.4 Å². The van der Waals surface area contributed by atoms with E-state index in [4.69, 9.17) is 0 Å². The number of rotatable bonds is 8. The lowest BCUT2D eigenvalue weighted by Gasteiger charge is -2.32. The summed E-state index contributed by atoms with van der Waals surface area (Å²) in [5, 5.41) is 14.5. The van der Waals surface area contributed by atoms with Gasteiger partial charge in [-0.3, -0.25) is 9.59 Å². The fourth-order valence-electron chi connectivity index (χ4n) is 5.28. The van der Waals surface area contributed by atoms with Gasteiger partial charge in [0.25, 0.3) is 5.91 Å². The van der Waals surface area contributed by atoms with E-state index in [-0.39, 0.29) is 36.6 Å². The summed E-state index contributed by atoms with van der Waals surface area (Å²) in [7, 11) is 0. The molecule has 1 saturated heterocycles. The highest BCUT2D eigenvalue weighted by Gasteiger charge is 2.33. The molecule has 200 valence electrons. The summed E-state index contributed by atoms with van der Waals surface area (Å²) in [6, 6.07) is 14.2. The van der Waals surface area contributed by atoms with Crippen LogP contribution >= 0.6 is 0 Å². The highest BCUT2D eigenvalue weighted by Crippen LogP contribution is 2.22. The van der Waals surface area contributed by atoms with Crippen LogP contribution in [-0.2, 0) is 27.2 Å². The number of carbonyl (C=O) groups excluding carboxylic acids is 2. The Morgan fingerprint density at radius 1 is 0.921 bits per heavy atom. The zero-order chi connectivity index (χ0) is 25.9. The van der Waals surface area contributed by atoms with Crippen LogP contribution in [0.4, 0.5) is 0 Å². The summed E-state index contributed by atoms with van der Waals surface area (Å²) in [6.07, 6.45) is 5.45. The number of hydrogen-bond donors (Lipinski definition) is 5. The van der Waals surface area contributed by atoms with Crippen LogP contribution < -0.4 is 23.5 Å². The second-order valence-electron chi connectivity index (χ2n) is 9.82. The van der Waals surface area contributed by atoms with Gasteiger partial charge in [-0.05, 0) is 36.1 Å². The Morgan fingerprint density at radius 2 is 1.45 bits per heavy atom. The van der Waals surface area contributed by atoms with E-state index in [1.807, 2.05) is 54.7 Å². The number of hydrogen-bond acceptors (Lipinski definition) is 3. The van der Waals surface area contributed by atoms with E-state index in [1.54, 1.807) is 11.1 Å².